The molecule has 1 aromatic rings. The second-order valence-corrected chi connectivity index (χ2v) is 3.54. The smallest absolute Gasteiger partial charge is 0.847 e. The third-order valence-corrected chi connectivity index (χ3v) is 2.38. The molecule has 1 aromatic carbocycles. The van der Waals surface area contributed by atoms with E-state index in [0.717, 1.165) is 5.56 Å². The van der Waals surface area contributed by atoms with Gasteiger partial charge in [-0.3, -0.25) is 0 Å². The summed E-state index contributed by atoms with van der Waals surface area (Å²) in [6.45, 7) is 1.95. The Bertz CT molecular complexity index is 251. The van der Waals surface area contributed by atoms with E-state index in [4.69, 9.17) is 0 Å². The molecule has 0 aromatic heterocycles. The van der Waals surface area contributed by atoms with Gasteiger partial charge in [0.2, 0.25) is 0 Å². The maximum absolute atomic E-state index is 11.8. The zero-order valence-electron chi connectivity index (χ0n) is 9.40. The molecule has 0 aliphatic rings. The van der Waals surface area contributed by atoms with Crippen LogP contribution in [0, 0.1) is 0 Å². The van der Waals surface area contributed by atoms with E-state index in [-0.39, 0.29) is 35.6 Å². The second-order valence-electron chi connectivity index (χ2n) is 3.54. The van der Waals surface area contributed by atoms with Crippen molar-refractivity contribution in [1.29, 1.82) is 0 Å². The molecule has 0 N–H and O–H groups in total. The molecule has 0 fully saturated rings. The van der Waals surface area contributed by atoms with Crippen LogP contribution in [-0.2, 0) is 0 Å². The molecular formula is C11H16NNaO. The first-order valence-corrected chi connectivity index (χ1v) is 4.50. The topological polar surface area (TPSA) is 26.3 Å². The summed E-state index contributed by atoms with van der Waals surface area (Å²) in [5.41, 5.74) is 0.865. The fourth-order valence-corrected chi connectivity index (χ4v) is 1.19. The van der Waals surface area contributed by atoms with Crippen molar-refractivity contribution >= 4 is 0 Å². The van der Waals surface area contributed by atoms with Crippen LogP contribution >= 0.6 is 0 Å². The van der Waals surface area contributed by atoms with Gasteiger partial charge in [-0.1, -0.05) is 48.9 Å². The number of hydrogen-bond donors (Lipinski definition) is 0. The quantitative estimate of drug-likeness (QED) is 0.531. The summed E-state index contributed by atoms with van der Waals surface area (Å²) in [6.07, 6.45) is -0.656. The van der Waals surface area contributed by atoms with E-state index in [2.05, 4.69) is 0 Å². The van der Waals surface area contributed by atoms with Gasteiger partial charge in [-0.05, 0) is 20.1 Å². The molecule has 0 bridgehead atoms. The Morgan fingerprint density at radius 3 is 2.07 bits per heavy atom. The third kappa shape index (κ3) is 3.71. The Labute approximate surface area is 108 Å². The summed E-state index contributed by atoms with van der Waals surface area (Å²) >= 11 is 0. The first-order valence-electron chi connectivity index (χ1n) is 4.50. The zero-order valence-corrected chi connectivity index (χ0v) is 11.4. The van der Waals surface area contributed by atoms with Gasteiger partial charge >= 0.3 is 29.6 Å². The van der Waals surface area contributed by atoms with E-state index < -0.39 is 6.10 Å². The fraction of sp³-hybridized carbons (Fsp3) is 0.455. The van der Waals surface area contributed by atoms with Gasteiger partial charge in [0.15, 0.2) is 0 Å². The van der Waals surface area contributed by atoms with Crippen molar-refractivity contribution in [1.82, 2.24) is 4.90 Å². The largest absolute Gasteiger partial charge is 1.00 e. The SMILES string of the molecule is C[C@@H]([C@H]([O-])c1ccccc1)N(C)C.[Na+]. The van der Waals surface area contributed by atoms with E-state index in [9.17, 15) is 5.11 Å². The van der Waals surface area contributed by atoms with Gasteiger partial charge in [-0.25, -0.2) is 0 Å². The first kappa shape index (κ1) is 14.1. The number of likely N-dealkylation sites (N-methyl/N-ethyl adjacent to an activating group) is 1. The third-order valence-electron chi connectivity index (χ3n) is 2.38. The minimum absolute atomic E-state index is 0. The van der Waals surface area contributed by atoms with E-state index >= 15 is 0 Å². The Balaban J connectivity index is 0.00000169. The average molecular weight is 201 g/mol. The van der Waals surface area contributed by atoms with Crippen LogP contribution < -0.4 is 34.7 Å². The van der Waals surface area contributed by atoms with Crippen LogP contribution in [0.25, 0.3) is 0 Å². The van der Waals surface area contributed by atoms with Crippen LogP contribution in [0.2, 0.25) is 0 Å². The van der Waals surface area contributed by atoms with Gasteiger partial charge in [0, 0.05) is 0 Å². The van der Waals surface area contributed by atoms with Crippen molar-refractivity contribution in [3.05, 3.63) is 35.9 Å². The van der Waals surface area contributed by atoms with Gasteiger partial charge < -0.3 is 10.0 Å². The van der Waals surface area contributed by atoms with Gasteiger partial charge in [0.05, 0.1) is 0 Å². The molecule has 0 unspecified atom stereocenters. The van der Waals surface area contributed by atoms with E-state index in [1.54, 1.807) is 0 Å². The maximum atomic E-state index is 11.8. The van der Waals surface area contributed by atoms with Gasteiger partial charge in [-0.2, -0.15) is 0 Å². The molecule has 0 aliphatic carbocycles. The van der Waals surface area contributed by atoms with Gasteiger partial charge in [0.25, 0.3) is 0 Å². The fourth-order valence-electron chi connectivity index (χ4n) is 1.19. The van der Waals surface area contributed by atoms with E-state index in [1.807, 2.05) is 56.3 Å². The van der Waals surface area contributed by atoms with Crippen LogP contribution in [-0.4, -0.2) is 25.0 Å². The summed E-state index contributed by atoms with van der Waals surface area (Å²) in [4.78, 5) is 1.95. The maximum Gasteiger partial charge on any atom is 1.00 e. The summed E-state index contributed by atoms with van der Waals surface area (Å²) in [5, 5.41) is 11.8. The summed E-state index contributed by atoms with van der Waals surface area (Å²) < 4.78 is 0. The predicted octanol–water partition coefficient (Wildman–Crippen LogP) is -1.96. The number of hydrogen-bond acceptors (Lipinski definition) is 2. The van der Waals surface area contributed by atoms with E-state index in [1.165, 1.54) is 0 Å². The van der Waals surface area contributed by atoms with E-state index in [0.29, 0.717) is 0 Å². The molecule has 14 heavy (non-hydrogen) atoms. The van der Waals surface area contributed by atoms with Crippen LogP contribution in [0.1, 0.15) is 18.6 Å². The Morgan fingerprint density at radius 2 is 1.64 bits per heavy atom. The standard InChI is InChI=1S/C11H16NO.Na/c1-9(12(2)3)11(13)10-7-5-4-6-8-10;/h4-9,11H,1-3H3;/q-1;+1/t9-,11-;/m0./s1. The average Bonchev–Trinajstić information content (AvgIpc) is 2.17. The molecule has 2 nitrogen and oxygen atoms in total. The van der Waals surface area contributed by atoms with Crippen LogP contribution in [0.5, 0.6) is 0 Å². The van der Waals surface area contributed by atoms with Crippen molar-refractivity contribution in [3.8, 4) is 0 Å². The van der Waals surface area contributed by atoms with Crippen molar-refractivity contribution in [2.45, 2.75) is 19.1 Å². The molecule has 0 saturated heterocycles. The second kappa shape index (κ2) is 6.59. The Morgan fingerprint density at radius 1 is 1.14 bits per heavy atom. The van der Waals surface area contributed by atoms with Gasteiger partial charge in [-0.15, -0.1) is 0 Å². The minimum atomic E-state index is -0.656. The molecule has 0 spiro atoms. The molecule has 0 amide bonds. The number of nitrogens with zero attached hydrogens (tertiary/aromatic N) is 1. The predicted molar refractivity (Wildman–Crippen MR) is 52.3 cm³/mol. The molecule has 0 saturated carbocycles. The molecule has 72 valence electrons. The molecule has 1 rings (SSSR count). The van der Waals surface area contributed by atoms with Crippen LogP contribution in [0.4, 0.5) is 0 Å². The van der Waals surface area contributed by atoms with Gasteiger partial charge in [0.1, 0.15) is 0 Å². The summed E-state index contributed by atoms with van der Waals surface area (Å²) in [6, 6.07) is 9.54. The molecule has 3 heteroatoms. The first-order chi connectivity index (χ1) is 6.13. The van der Waals surface area contributed by atoms with Crippen LogP contribution in [0.15, 0.2) is 30.3 Å². The summed E-state index contributed by atoms with van der Waals surface area (Å²) in [5.74, 6) is 0. The summed E-state index contributed by atoms with van der Waals surface area (Å²) in [7, 11) is 3.86. The Hall–Kier alpha value is 0.140. The minimum Gasteiger partial charge on any atom is -0.847 e. The number of rotatable bonds is 3. The zero-order chi connectivity index (χ0) is 9.84. The molecule has 0 heterocycles. The molecule has 0 radical (unpaired) electrons. The number of benzene rings is 1. The van der Waals surface area contributed by atoms with Crippen molar-refractivity contribution < 1.29 is 34.7 Å². The van der Waals surface area contributed by atoms with Crippen molar-refractivity contribution in [2.24, 2.45) is 0 Å². The Kier molecular flexibility index (Phi) is 6.66. The monoisotopic (exact) mass is 201 g/mol. The molecule has 2 atom stereocenters. The molecule has 0 aliphatic heterocycles. The van der Waals surface area contributed by atoms with Crippen molar-refractivity contribution in [3.63, 3.8) is 0 Å². The normalized spacial score (nSPS) is 14.6. The van der Waals surface area contributed by atoms with Crippen LogP contribution in [0.3, 0.4) is 0 Å². The van der Waals surface area contributed by atoms with Crippen molar-refractivity contribution in [2.75, 3.05) is 14.1 Å². The molecular weight excluding hydrogens is 185 g/mol.